The van der Waals surface area contributed by atoms with Gasteiger partial charge in [-0.15, -0.1) is 0 Å². The normalized spacial score (nSPS) is 22.6. The Morgan fingerprint density at radius 1 is 1.00 bits per heavy atom. The molecule has 2 aromatic rings. The number of ether oxygens (including phenoxy) is 1. The van der Waals surface area contributed by atoms with Crippen LogP contribution < -0.4 is 4.74 Å². The highest BCUT2D eigenvalue weighted by Gasteiger charge is 2.37. The van der Waals surface area contributed by atoms with E-state index in [9.17, 15) is 0 Å². The molecule has 2 aromatic carbocycles. The first-order valence-electron chi connectivity index (χ1n) is 10.2. The van der Waals surface area contributed by atoms with Gasteiger partial charge in [-0.25, -0.2) is 0 Å². The summed E-state index contributed by atoms with van der Waals surface area (Å²) in [6.45, 7) is 10.4. The Bertz CT molecular complexity index is 1000. The summed E-state index contributed by atoms with van der Waals surface area (Å²) in [6.07, 6.45) is 4.62. The summed E-state index contributed by atoms with van der Waals surface area (Å²) in [5, 5.41) is 4.51. The molecule has 0 fully saturated rings. The van der Waals surface area contributed by atoms with Gasteiger partial charge in [-0.05, 0) is 68.8 Å². The SMILES string of the molecule is COc1ccc(/C=S2\C=CCN2S)cc1-c1ccc2c(c1)C(C)(C)CCC2(C)C. The topological polar surface area (TPSA) is 12.5 Å². The van der Waals surface area contributed by atoms with E-state index >= 15 is 0 Å². The van der Waals surface area contributed by atoms with Gasteiger partial charge in [-0.3, -0.25) is 0 Å². The van der Waals surface area contributed by atoms with Crippen LogP contribution in [0.15, 0.2) is 47.9 Å². The van der Waals surface area contributed by atoms with Crippen LogP contribution >= 0.6 is 23.5 Å². The molecule has 2 aliphatic rings. The summed E-state index contributed by atoms with van der Waals surface area (Å²) >= 11 is 4.57. The number of hydrogen-bond acceptors (Lipinski definition) is 3. The summed E-state index contributed by atoms with van der Waals surface area (Å²) in [5.74, 6) is 0.919. The van der Waals surface area contributed by atoms with Crippen molar-refractivity contribution in [3.8, 4) is 16.9 Å². The largest absolute Gasteiger partial charge is 0.496 e. The van der Waals surface area contributed by atoms with Crippen molar-refractivity contribution in [1.29, 1.82) is 0 Å². The van der Waals surface area contributed by atoms with Crippen molar-refractivity contribution >= 4 is 28.9 Å². The molecule has 1 heterocycles. The lowest BCUT2D eigenvalue weighted by atomic mass is 9.63. The minimum absolute atomic E-state index is 0.0699. The third kappa shape index (κ3) is 3.95. The molecule has 4 rings (SSSR count). The smallest absolute Gasteiger partial charge is 0.126 e. The molecule has 0 saturated heterocycles. The van der Waals surface area contributed by atoms with E-state index in [2.05, 4.69) is 97.5 Å². The maximum atomic E-state index is 5.73. The van der Waals surface area contributed by atoms with Crippen LogP contribution in [0.5, 0.6) is 5.75 Å². The van der Waals surface area contributed by atoms with Gasteiger partial charge in [0.1, 0.15) is 5.75 Å². The summed E-state index contributed by atoms with van der Waals surface area (Å²) in [4.78, 5) is 0. The van der Waals surface area contributed by atoms with Crippen molar-refractivity contribution in [2.75, 3.05) is 13.7 Å². The minimum atomic E-state index is -0.0699. The molecule has 2 nitrogen and oxygen atoms in total. The third-order valence-corrected chi connectivity index (χ3v) is 8.73. The average molecular weight is 426 g/mol. The average Bonchev–Trinajstić information content (AvgIpc) is 3.10. The van der Waals surface area contributed by atoms with Gasteiger partial charge in [0.25, 0.3) is 0 Å². The maximum absolute atomic E-state index is 5.73. The Labute approximate surface area is 183 Å². The van der Waals surface area contributed by atoms with Crippen molar-refractivity contribution in [1.82, 2.24) is 3.71 Å². The molecule has 154 valence electrons. The van der Waals surface area contributed by atoms with E-state index in [-0.39, 0.29) is 21.5 Å². The van der Waals surface area contributed by atoms with Gasteiger partial charge < -0.3 is 4.74 Å². The van der Waals surface area contributed by atoms with Crippen LogP contribution in [0.25, 0.3) is 11.1 Å². The molecule has 1 aliphatic carbocycles. The van der Waals surface area contributed by atoms with Crippen LogP contribution in [0.3, 0.4) is 0 Å². The monoisotopic (exact) mass is 425 g/mol. The van der Waals surface area contributed by atoms with Crippen molar-refractivity contribution < 1.29 is 4.74 Å². The first-order chi connectivity index (χ1) is 13.7. The zero-order valence-corrected chi connectivity index (χ0v) is 19.7. The highest BCUT2D eigenvalue weighted by atomic mass is 32.2. The van der Waals surface area contributed by atoms with Crippen LogP contribution in [0.2, 0.25) is 0 Å². The van der Waals surface area contributed by atoms with E-state index in [1.54, 1.807) is 7.11 Å². The molecule has 1 atom stereocenters. The Hall–Kier alpha value is -1.49. The van der Waals surface area contributed by atoms with Crippen molar-refractivity contribution in [2.45, 2.75) is 51.4 Å². The second-order valence-electron chi connectivity index (χ2n) is 9.36. The molecule has 1 unspecified atom stereocenters. The minimum Gasteiger partial charge on any atom is -0.496 e. The van der Waals surface area contributed by atoms with Gasteiger partial charge in [-0.1, -0.05) is 81.5 Å². The van der Waals surface area contributed by atoms with E-state index in [1.807, 2.05) is 0 Å². The zero-order valence-electron chi connectivity index (χ0n) is 18.0. The predicted molar refractivity (Wildman–Crippen MR) is 131 cm³/mol. The number of thiol groups is 1. The van der Waals surface area contributed by atoms with Gasteiger partial charge in [0.15, 0.2) is 0 Å². The van der Waals surface area contributed by atoms with E-state index in [4.69, 9.17) is 4.74 Å². The molecule has 0 bridgehead atoms. The lowest BCUT2D eigenvalue weighted by Gasteiger charge is -2.42. The lowest BCUT2D eigenvalue weighted by Crippen LogP contribution is -2.33. The Balaban J connectivity index is 1.82. The van der Waals surface area contributed by atoms with Crippen molar-refractivity contribution in [3.63, 3.8) is 0 Å². The van der Waals surface area contributed by atoms with Crippen LogP contribution in [-0.4, -0.2) is 22.7 Å². The first kappa shape index (κ1) is 20.8. The molecule has 29 heavy (non-hydrogen) atoms. The fraction of sp³-hybridized carbons (Fsp3) is 0.400. The summed E-state index contributed by atoms with van der Waals surface area (Å²) in [6, 6.07) is 13.5. The van der Waals surface area contributed by atoms with E-state index in [0.29, 0.717) is 0 Å². The Morgan fingerprint density at radius 2 is 1.72 bits per heavy atom. The number of nitrogens with zero attached hydrogens (tertiary/aromatic N) is 1. The van der Waals surface area contributed by atoms with Crippen molar-refractivity contribution in [3.05, 3.63) is 64.6 Å². The van der Waals surface area contributed by atoms with Crippen LogP contribution in [0.4, 0.5) is 0 Å². The summed E-state index contributed by atoms with van der Waals surface area (Å²) in [7, 11) is 1.68. The molecule has 1 aliphatic heterocycles. The Morgan fingerprint density at radius 3 is 2.38 bits per heavy atom. The second kappa shape index (κ2) is 7.64. The van der Waals surface area contributed by atoms with Crippen LogP contribution in [-0.2, 0) is 10.8 Å². The van der Waals surface area contributed by atoms with E-state index in [0.717, 1.165) is 17.9 Å². The quantitative estimate of drug-likeness (QED) is 0.433. The highest BCUT2D eigenvalue weighted by Crippen LogP contribution is 2.47. The van der Waals surface area contributed by atoms with Crippen LogP contribution in [0.1, 0.15) is 57.2 Å². The zero-order chi connectivity index (χ0) is 20.8. The summed E-state index contributed by atoms with van der Waals surface area (Å²) in [5.41, 5.74) is 6.98. The molecule has 0 N–H and O–H groups in total. The number of fused-ring (bicyclic) bond motifs is 1. The number of rotatable bonds is 3. The third-order valence-electron chi connectivity index (χ3n) is 6.38. The molecular weight excluding hydrogens is 394 g/mol. The molecule has 0 aromatic heterocycles. The van der Waals surface area contributed by atoms with Gasteiger partial charge in [0, 0.05) is 12.1 Å². The highest BCUT2D eigenvalue weighted by molar-refractivity contribution is 8.20. The fourth-order valence-electron chi connectivity index (χ4n) is 4.41. The predicted octanol–water partition coefficient (Wildman–Crippen LogP) is 6.72. The van der Waals surface area contributed by atoms with Gasteiger partial charge in [-0.2, -0.15) is 3.71 Å². The van der Waals surface area contributed by atoms with Crippen LogP contribution in [0, 0.1) is 0 Å². The van der Waals surface area contributed by atoms with E-state index in [1.165, 1.54) is 35.1 Å². The standard InChI is InChI=1S/C25H31NOS2/c1-24(2)11-12-25(3,4)22-16-19(8-9-21(22)24)20-15-18(7-10-23(20)27-5)17-29-14-6-13-26(29)28/h6-10,14-17,28H,11-13H2,1-5H3. The number of benzene rings is 2. The Kier molecular flexibility index (Phi) is 5.47. The van der Waals surface area contributed by atoms with Crippen molar-refractivity contribution in [2.24, 2.45) is 0 Å². The molecule has 0 spiro atoms. The molecule has 0 saturated carbocycles. The van der Waals surface area contributed by atoms with E-state index < -0.39 is 0 Å². The number of methoxy groups -OCH3 is 1. The first-order valence-corrected chi connectivity index (χ1v) is 12.0. The number of hydrogen-bond donors (Lipinski definition) is 1. The van der Waals surface area contributed by atoms with Gasteiger partial charge in [0.2, 0.25) is 0 Å². The summed E-state index contributed by atoms with van der Waals surface area (Å²) < 4.78 is 7.79. The molecular formula is C25H31NOS2. The molecule has 0 amide bonds. The second-order valence-corrected chi connectivity index (χ2v) is 11.8. The fourth-order valence-corrected chi connectivity index (χ4v) is 6.12. The molecule has 0 radical (unpaired) electrons. The lowest BCUT2D eigenvalue weighted by molar-refractivity contribution is 0.332. The molecule has 4 heteroatoms. The van der Waals surface area contributed by atoms with Gasteiger partial charge >= 0.3 is 0 Å². The maximum Gasteiger partial charge on any atom is 0.126 e. The van der Waals surface area contributed by atoms with Gasteiger partial charge in [0.05, 0.1) is 7.11 Å².